The molecule has 56 valence electrons. The predicted molar refractivity (Wildman–Crippen MR) is 37.3 cm³/mol. The number of hydrogen-bond donors (Lipinski definition) is 1. The van der Waals surface area contributed by atoms with Crippen molar-refractivity contribution in [2.24, 2.45) is 0 Å². The summed E-state index contributed by atoms with van der Waals surface area (Å²) < 4.78 is 31.4. The molecule has 1 unspecified atom stereocenters. The van der Waals surface area contributed by atoms with E-state index >= 15 is 0 Å². The summed E-state index contributed by atoms with van der Waals surface area (Å²) in [6, 6.07) is 0. The zero-order valence-electron chi connectivity index (χ0n) is 5.21. The third-order valence-corrected chi connectivity index (χ3v) is 1.99. The van der Waals surface area contributed by atoms with Crippen LogP contribution in [-0.4, -0.2) is 8.76 Å². The molecule has 0 aromatic carbocycles. The Bertz CT molecular complexity index is 220. The molecule has 10 heavy (non-hydrogen) atoms. The van der Waals surface area contributed by atoms with Crippen molar-refractivity contribution in [3.05, 3.63) is 22.9 Å². The highest BCUT2D eigenvalue weighted by molar-refractivity contribution is 7.83. The van der Waals surface area contributed by atoms with Crippen LogP contribution >= 0.6 is 0 Å². The Morgan fingerprint density at radius 3 is 2.80 bits per heavy atom. The van der Waals surface area contributed by atoms with E-state index in [0.717, 1.165) is 0 Å². The molecule has 0 spiro atoms. The molecule has 0 saturated heterocycles. The normalized spacial score (nSPS) is 21.4. The fraction of sp³-hybridized carbons (Fsp3) is 0.333. The summed E-state index contributed by atoms with van der Waals surface area (Å²) in [5.41, 5.74) is 0. The molecule has 0 bridgehead atoms. The van der Waals surface area contributed by atoms with Crippen LogP contribution in [0, 0.1) is 0 Å². The van der Waals surface area contributed by atoms with Gasteiger partial charge in [0.15, 0.2) is 11.1 Å². The van der Waals surface area contributed by atoms with Gasteiger partial charge in [-0.05, 0) is 12.5 Å². The summed E-state index contributed by atoms with van der Waals surface area (Å²) >= 11 is -2.16. The van der Waals surface area contributed by atoms with Crippen LogP contribution in [0.3, 0.4) is 0 Å². The first-order valence-electron chi connectivity index (χ1n) is 2.88. The molecule has 4 heteroatoms. The van der Waals surface area contributed by atoms with Gasteiger partial charge in [0.2, 0.25) is 0 Å². The molecule has 1 aliphatic rings. The van der Waals surface area contributed by atoms with E-state index < -0.39 is 16.9 Å². The molecule has 1 rings (SSSR count). The first-order chi connectivity index (χ1) is 4.72. The quantitative estimate of drug-likeness (QED) is 0.596. The van der Waals surface area contributed by atoms with Crippen molar-refractivity contribution in [2.45, 2.75) is 12.8 Å². The molecule has 0 aromatic rings. The molecule has 0 fully saturated rings. The highest BCUT2D eigenvalue weighted by atomic mass is 32.2. The summed E-state index contributed by atoms with van der Waals surface area (Å²) in [6.07, 6.45) is 3.91. The fourth-order valence-corrected chi connectivity index (χ4v) is 1.27. The largest absolute Gasteiger partial charge is 0.302 e. The summed E-state index contributed by atoms with van der Waals surface area (Å²) in [5.74, 6) is -0.469. The highest BCUT2D eigenvalue weighted by Crippen LogP contribution is 2.21. The second-order valence-corrected chi connectivity index (χ2v) is 2.90. The van der Waals surface area contributed by atoms with E-state index in [1.807, 2.05) is 0 Å². The van der Waals surface area contributed by atoms with E-state index in [0.29, 0.717) is 6.42 Å². The topological polar surface area (TPSA) is 37.3 Å². The fourth-order valence-electron chi connectivity index (χ4n) is 0.767. The number of allylic oxidation sites excluding steroid dienone is 3. The minimum absolute atomic E-state index is 0.0914. The average Bonchev–Trinajstić information content (AvgIpc) is 1.88. The van der Waals surface area contributed by atoms with Gasteiger partial charge in [0.05, 0.1) is 4.91 Å². The van der Waals surface area contributed by atoms with Crippen molar-refractivity contribution < 1.29 is 13.2 Å². The molecule has 0 radical (unpaired) electrons. The molecule has 1 atom stereocenters. The van der Waals surface area contributed by atoms with Gasteiger partial charge in [-0.15, -0.1) is 0 Å². The standard InChI is InChI=1S/C6H7FO2S/c7-5-3-1-2-4-6(5)10(8)9/h2,4H,1,3H2,(H,8,9). The Morgan fingerprint density at radius 1 is 1.70 bits per heavy atom. The van der Waals surface area contributed by atoms with Gasteiger partial charge in [-0.3, -0.25) is 0 Å². The SMILES string of the molecule is O=S(O)C1=C(F)CCC=C1. The molecule has 0 aliphatic heterocycles. The second-order valence-electron chi connectivity index (χ2n) is 1.96. The minimum Gasteiger partial charge on any atom is -0.302 e. The van der Waals surface area contributed by atoms with E-state index in [4.69, 9.17) is 4.55 Å². The van der Waals surface area contributed by atoms with Crippen molar-refractivity contribution >= 4 is 11.1 Å². The predicted octanol–water partition coefficient (Wildman–Crippen LogP) is 1.74. The molecule has 0 heterocycles. The number of hydrogen-bond acceptors (Lipinski definition) is 1. The first-order valence-corrected chi connectivity index (χ1v) is 3.98. The maximum Gasteiger partial charge on any atom is 0.189 e. The summed E-state index contributed by atoms with van der Waals surface area (Å²) in [6.45, 7) is 0. The van der Waals surface area contributed by atoms with Gasteiger partial charge in [0, 0.05) is 6.42 Å². The van der Waals surface area contributed by atoms with Gasteiger partial charge >= 0.3 is 0 Å². The van der Waals surface area contributed by atoms with Crippen molar-refractivity contribution in [3.63, 3.8) is 0 Å². The van der Waals surface area contributed by atoms with Crippen molar-refractivity contribution in [1.82, 2.24) is 0 Å². The lowest BCUT2D eigenvalue weighted by molar-refractivity contribution is 0.556. The van der Waals surface area contributed by atoms with Crippen LogP contribution < -0.4 is 0 Å². The highest BCUT2D eigenvalue weighted by Gasteiger charge is 2.11. The molecule has 0 aromatic heterocycles. The number of halogens is 1. The Labute approximate surface area is 60.7 Å². The smallest absolute Gasteiger partial charge is 0.189 e. The summed E-state index contributed by atoms with van der Waals surface area (Å²) in [7, 11) is 0. The van der Waals surface area contributed by atoms with Crippen LogP contribution in [0.5, 0.6) is 0 Å². The van der Waals surface area contributed by atoms with Gasteiger partial charge in [-0.2, -0.15) is 0 Å². The molecule has 1 aliphatic carbocycles. The lowest BCUT2D eigenvalue weighted by Gasteiger charge is -2.03. The summed E-state index contributed by atoms with van der Waals surface area (Å²) in [4.78, 5) is -0.0914. The van der Waals surface area contributed by atoms with E-state index in [-0.39, 0.29) is 11.3 Å². The Balaban J connectivity index is 2.90. The molecule has 0 saturated carbocycles. The molecule has 1 N–H and O–H groups in total. The van der Waals surface area contributed by atoms with Crippen LogP contribution in [0.4, 0.5) is 4.39 Å². The molecule has 0 amide bonds. The van der Waals surface area contributed by atoms with Gasteiger partial charge in [-0.1, -0.05) is 6.08 Å². The Morgan fingerprint density at radius 2 is 2.40 bits per heavy atom. The third-order valence-electron chi connectivity index (χ3n) is 1.26. The lowest BCUT2D eigenvalue weighted by Crippen LogP contribution is -1.96. The number of rotatable bonds is 1. The maximum atomic E-state index is 12.6. The maximum absolute atomic E-state index is 12.6. The molecule has 2 nitrogen and oxygen atoms in total. The zero-order chi connectivity index (χ0) is 7.56. The van der Waals surface area contributed by atoms with Crippen molar-refractivity contribution in [1.29, 1.82) is 0 Å². The lowest BCUT2D eigenvalue weighted by atomic mass is 10.2. The van der Waals surface area contributed by atoms with E-state index in [1.165, 1.54) is 6.08 Å². The molecular formula is C6H7FO2S. The molecular weight excluding hydrogens is 155 g/mol. The van der Waals surface area contributed by atoms with Gasteiger partial charge in [-0.25, -0.2) is 8.60 Å². The van der Waals surface area contributed by atoms with Gasteiger partial charge in [0.25, 0.3) is 0 Å². The first kappa shape index (κ1) is 7.63. The van der Waals surface area contributed by atoms with Gasteiger partial charge < -0.3 is 4.55 Å². The van der Waals surface area contributed by atoms with E-state index in [9.17, 15) is 8.60 Å². The van der Waals surface area contributed by atoms with E-state index in [2.05, 4.69) is 0 Å². The average molecular weight is 162 g/mol. The van der Waals surface area contributed by atoms with Crippen molar-refractivity contribution in [3.8, 4) is 0 Å². The van der Waals surface area contributed by atoms with Crippen molar-refractivity contribution in [2.75, 3.05) is 0 Å². The Kier molecular flexibility index (Phi) is 2.34. The van der Waals surface area contributed by atoms with Crippen LogP contribution in [0.25, 0.3) is 0 Å². The third kappa shape index (κ3) is 1.52. The zero-order valence-corrected chi connectivity index (χ0v) is 6.03. The van der Waals surface area contributed by atoms with Crippen LogP contribution in [0.2, 0.25) is 0 Å². The van der Waals surface area contributed by atoms with Crippen LogP contribution in [0.1, 0.15) is 12.8 Å². The van der Waals surface area contributed by atoms with Gasteiger partial charge in [0.1, 0.15) is 5.83 Å². The van der Waals surface area contributed by atoms with Crippen LogP contribution in [0.15, 0.2) is 22.9 Å². The van der Waals surface area contributed by atoms with E-state index in [1.54, 1.807) is 6.08 Å². The summed E-state index contributed by atoms with van der Waals surface area (Å²) in [5, 5.41) is 0. The monoisotopic (exact) mass is 162 g/mol. The minimum atomic E-state index is -2.16. The van der Waals surface area contributed by atoms with Crippen LogP contribution in [-0.2, 0) is 11.1 Å². The second kappa shape index (κ2) is 3.07. The Hall–Kier alpha value is -0.480.